The van der Waals surface area contributed by atoms with Crippen LogP contribution >= 0.6 is 0 Å². The first-order chi connectivity index (χ1) is 23.1. The first kappa shape index (κ1) is 33.1. The molecular weight excluding hydrogens is 612 g/mol. The maximum absolute atomic E-state index is 11.5. The van der Waals surface area contributed by atoms with Crippen LogP contribution in [-0.4, -0.2) is 80.7 Å². The van der Waals surface area contributed by atoms with E-state index in [9.17, 15) is 15.3 Å². The number of nitrogens with zero attached hydrogens (tertiary/aromatic N) is 2. The van der Waals surface area contributed by atoms with E-state index in [0.717, 1.165) is 59.3 Å². The Bertz CT molecular complexity index is 1810. The molecule has 10 nitrogen and oxygen atoms in total. The zero-order chi connectivity index (χ0) is 34.1. The van der Waals surface area contributed by atoms with Gasteiger partial charge in [0.05, 0.1) is 28.4 Å². The summed E-state index contributed by atoms with van der Waals surface area (Å²) >= 11 is 0. The van der Waals surface area contributed by atoms with Gasteiger partial charge in [0.25, 0.3) is 0 Å². The van der Waals surface area contributed by atoms with Crippen LogP contribution < -0.4 is 23.7 Å². The van der Waals surface area contributed by atoms with Gasteiger partial charge >= 0.3 is 0 Å². The van der Waals surface area contributed by atoms with Crippen molar-refractivity contribution < 1.29 is 39.0 Å². The molecule has 4 aromatic rings. The number of hydrogen-bond donors (Lipinski definition) is 3. The summed E-state index contributed by atoms with van der Waals surface area (Å²) in [6, 6.07) is 16.8. The molecule has 2 atom stereocenters. The summed E-state index contributed by atoms with van der Waals surface area (Å²) in [5.41, 5.74) is 6.12. The summed E-state index contributed by atoms with van der Waals surface area (Å²) in [6.45, 7) is 1.69. The van der Waals surface area contributed by atoms with Crippen LogP contribution in [-0.2, 0) is 25.7 Å². The highest BCUT2D eigenvalue weighted by molar-refractivity contribution is 5.59. The number of phenols is 3. The zero-order valence-electron chi connectivity index (χ0n) is 28.4. The molecule has 0 spiro atoms. The van der Waals surface area contributed by atoms with Crippen LogP contribution in [0.15, 0.2) is 54.6 Å². The van der Waals surface area contributed by atoms with E-state index in [-0.39, 0.29) is 35.1 Å². The fourth-order valence-corrected chi connectivity index (χ4v) is 7.05. The largest absolute Gasteiger partial charge is 0.504 e. The van der Waals surface area contributed by atoms with Crippen LogP contribution in [0.25, 0.3) is 0 Å². The highest BCUT2D eigenvalue weighted by atomic mass is 16.5. The van der Waals surface area contributed by atoms with Gasteiger partial charge in [0.1, 0.15) is 0 Å². The maximum atomic E-state index is 11.5. The van der Waals surface area contributed by atoms with Gasteiger partial charge in [-0.05, 0) is 110 Å². The number of hydrogen-bond acceptors (Lipinski definition) is 10. The topological polar surface area (TPSA) is 113 Å². The second-order valence-electron chi connectivity index (χ2n) is 12.5. The molecular formula is C38H44N2O8. The highest BCUT2D eigenvalue weighted by Gasteiger charge is 2.31. The van der Waals surface area contributed by atoms with Crippen LogP contribution in [0.5, 0.6) is 51.7 Å². The molecule has 3 N–H and O–H groups in total. The van der Waals surface area contributed by atoms with Gasteiger partial charge in [-0.3, -0.25) is 9.80 Å². The number of aromatic hydroxyl groups is 3. The molecule has 0 amide bonds. The van der Waals surface area contributed by atoms with E-state index in [0.29, 0.717) is 41.6 Å². The molecule has 4 aromatic carbocycles. The lowest BCUT2D eigenvalue weighted by Crippen LogP contribution is -2.33. The predicted octanol–water partition coefficient (Wildman–Crippen LogP) is 6.17. The lowest BCUT2D eigenvalue weighted by atomic mass is 9.88. The van der Waals surface area contributed by atoms with Gasteiger partial charge in [0, 0.05) is 30.7 Å². The van der Waals surface area contributed by atoms with Crippen molar-refractivity contribution in [3.8, 4) is 51.7 Å². The first-order valence-electron chi connectivity index (χ1n) is 16.1. The van der Waals surface area contributed by atoms with Gasteiger partial charge in [-0.25, -0.2) is 0 Å². The third kappa shape index (κ3) is 6.25. The number of ether oxygens (including phenoxy) is 5. The lowest BCUT2D eigenvalue weighted by molar-refractivity contribution is 0.225. The number of fused-ring (bicyclic) bond motifs is 2. The van der Waals surface area contributed by atoms with Crippen LogP contribution in [0.1, 0.15) is 45.5 Å². The van der Waals surface area contributed by atoms with Gasteiger partial charge in [0.15, 0.2) is 46.0 Å². The Kier molecular flexibility index (Phi) is 9.48. The Morgan fingerprint density at radius 3 is 1.79 bits per heavy atom. The Morgan fingerprint density at radius 1 is 0.604 bits per heavy atom. The molecule has 6 rings (SSSR count). The van der Waals surface area contributed by atoms with E-state index in [4.69, 9.17) is 23.7 Å². The predicted molar refractivity (Wildman–Crippen MR) is 183 cm³/mol. The van der Waals surface area contributed by atoms with Gasteiger partial charge < -0.3 is 39.0 Å². The fraction of sp³-hybridized carbons (Fsp3) is 0.368. The summed E-state index contributed by atoms with van der Waals surface area (Å²) in [5, 5.41) is 32.6. The number of methoxy groups -OCH3 is 4. The van der Waals surface area contributed by atoms with Gasteiger partial charge in [-0.15, -0.1) is 0 Å². The summed E-state index contributed by atoms with van der Waals surface area (Å²) < 4.78 is 28.6. The van der Waals surface area contributed by atoms with E-state index >= 15 is 0 Å². The molecule has 10 heteroatoms. The van der Waals surface area contributed by atoms with Crippen molar-refractivity contribution in [2.24, 2.45) is 0 Å². The Morgan fingerprint density at radius 2 is 1.17 bits per heavy atom. The van der Waals surface area contributed by atoms with Crippen LogP contribution in [0.4, 0.5) is 0 Å². The monoisotopic (exact) mass is 656 g/mol. The van der Waals surface area contributed by atoms with Crippen LogP contribution in [0.3, 0.4) is 0 Å². The Hall–Kier alpha value is -4.80. The number of phenolic OH excluding ortho intramolecular Hbond substituents is 3. The summed E-state index contributed by atoms with van der Waals surface area (Å²) in [7, 11) is 10.4. The van der Waals surface area contributed by atoms with Crippen molar-refractivity contribution in [2.45, 2.75) is 37.8 Å². The molecule has 0 radical (unpaired) electrons. The molecule has 2 aliphatic rings. The molecule has 0 fully saturated rings. The molecule has 0 saturated carbocycles. The summed E-state index contributed by atoms with van der Waals surface area (Å²) in [6.07, 6.45) is 2.83. The quantitative estimate of drug-likeness (QED) is 0.183. The molecule has 0 unspecified atom stereocenters. The van der Waals surface area contributed by atoms with Gasteiger partial charge in [-0.2, -0.15) is 0 Å². The van der Waals surface area contributed by atoms with Crippen molar-refractivity contribution in [3.05, 3.63) is 88.0 Å². The lowest BCUT2D eigenvalue weighted by Gasteiger charge is -2.36. The second-order valence-corrected chi connectivity index (χ2v) is 12.5. The van der Waals surface area contributed by atoms with E-state index in [2.05, 4.69) is 23.9 Å². The Balaban J connectivity index is 1.39. The van der Waals surface area contributed by atoms with Crippen molar-refractivity contribution in [2.75, 3.05) is 55.6 Å². The third-order valence-corrected chi connectivity index (χ3v) is 9.81. The van der Waals surface area contributed by atoms with Crippen LogP contribution in [0, 0.1) is 0 Å². The summed E-state index contributed by atoms with van der Waals surface area (Å²) in [5.74, 6) is 2.59. The van der Waals surface area contributed by atoms with E-state index in [1.807, 2.05) is 30.3 Å². The third-order valence-electron chi connectivity index (χ3n) is 9.81. The SMILES string of the molecule is COc1ccc(C[C@H]2c3cc(Oc4c(C[C@H]5c6cc(O)c(OC)cc6CCN5C)ccc(OC)c4O)c(OC)cc3CCN2C)cc1O. The molecule has 0 saturated heterocycles. The van der Waals surface area contributed by atoms with Crippen molar-refractivity contribution >= 4 is 0 Å². The van der Waals surface area contributed by atoms with E-state index in [1.165, 1.54) is 14.2 Å². The van der Waals surface area contributed by atoms with E-state index < -0.39 is 0 Å². The summed E-state index contributed by atoms with van der Waals surface area (Å²) in [4.78, 5) is 4.55. The van der Waals surface area contributed by atoms with Gasteiger partial charge in [0.2, 0.25) is 5.75 Å². The first-order valence-corrected chi connectivity index (χ1v) is 16.1. The normalized spacial score (nSPS) is 17.7. The molecule has 0 aliphatic carbocycles. The zero-order valence-corrected chi connectivity index (χ0v) is 28.4. The van der Waals surface area contributed by atoms with Crippen molar-refractivity contribution in [1.82, 2.24) is 9.80 Å². The smallest absolute Gasteiger partial charge is 0.201 e. The second kappa shape index (κ2) is 13.7. The number of rotatable bonds is 10. The average molecular weight is 657 g/mol. The van der Waals surface area contributed by atoms with E-state index in [1.54, 1.807) is 38.5 Å². The van der Waals surface area contributed by atoms with Crippen LogP contribution in [0.2, 0.25) is 0 Å². The Labute approximate surface area is 281 Å². The standard InChI is InChI=1S/C38H44N2O8/c1-39-13-12-24-19-35(47-6)36(21-27(24)28(39)15-22-7-9-32(44-3)30(41)16-22)48-38-25(8-10-33(45-4)37(38)43)17-29-26-20-31(42)34(46-5)18-23(26)11-14-40(29)2/h7-10,16,18-21,28-29,41-43H,11-15,17H2,1-6H3/t28-,29-/m0/s1. The minimum absolute atomic E-state index is 0.00485. The maximum Gasteiger partial charge on any atom is 0.201 e. The average Bonchev–Trinajstić information content (AvgIpc) is 3.08. The van der Waals surface area contributed by atoms with Gasteiger partial charge in [-0.1, -0.05) is 12.1 Å². The molecule has 2 aliphatic heterocycles. The number of benzene rings is 4. The minimum Gasteiger partial charge on any atom is -0.504 e. The van der Waals surface area contributed by atoms with Crippen molar-refractivity contribution in [3.63, 3.8) is 0 Å². The van der Waals surface area contributed by atoms with Crippen molar-refractivity contribution in [1.29, 1.82) is 0 Å². The number of likely N-dealkylation sites (N-methyl/N-ethyl adjacent to an activating group) is 2. The molecule has 2 heterocycles. The molecule has 0 aromatic heterocycles. The fourth-order valence-electron chi connectivity index (χ4n) is 7.05. The molecule has 48 heavy (non-hydrogen) atoms. The highest BCUT2D eigenvalue weighted by Crippen LogP contribution is 2.48. The molecule has 0 bridgehead atoms. The molecule has 254 valence electrons. The minimum atomic E-state index is -0.103.